The van der Waals surface area contributed by atoms with Gasteiger partial charge in [-0.2, -0.15) is 0 Å². The highest BCUT2D eigenvalue weighted by atomic mass is 32.2. The molecular formula is C18H18N2O4S. The summed E-state index contributed by atoms with van der Waals surface area (Å²) in [5, 5.41) is 8.48. The van der Waals surface area contributed by atoms with Crippen molar-refractivity contribution in [3.05, 3.63) is 71.3 Å². The maximum absolute atomic E-state index is 12.7. The number of carbonyl (C=O) groups is 1. The predicted molar refractivity (Wildman–Crippen MR) is 93.2 cm³/mol. The molecule has 130 valence electrons. The largest absolute Gasteiger partial charge is 0.288 e. The van der Waals surface area contributed by atoms with Gasteiger partial charge in [0.2, 0.25) is 10.0 Å². The normalized spacial score (nSPS) is 16.8. The third-order valence-electron chi connectivity index (χ3n) is 4.14. The first kappa shape index (κ1) is 17.3. The molecule has 0 radical (unpaired) electrons. The zero-order chi connectivity index (χ0) is 17.9. The number of rotatable bonds is 5. The molecule has 0 bridgehead atoms. The summed E-state index contributed by atoms with van der Waals surface area (Å²) in [6.07, 6.45) is 4.12. The fourth-order valence-electron chi connectivity index (χ4n) is 2.93. The quantitative estimate of drug-likeness (QED) is 0.434. The zero-order valence-electron chi connectivity index (χ0n) is 13.3. The molecule has 1 aliphatic carbocycles. The first-order valence-electron chi connectivity index (χ1n) is 7.82. The number of benzene rings is 2. The van der Waals surface area contributed by atoms with E-state index in [-0.39, 0.29) is 10.9 Å². The molecular weight excluding hydrogens is 340 g/mol. The Morgan fingerprint density at radius 2 is 1.96 bits per heavy atom. The second-order valence-corrected chi connectivity index (χ2v) is 7.51. The molecule has 0 aliphatic heterocycles. The van der Waals surface area contributed by atoms with Crippen molar-refractivity contribution in [3.63, 3.8) is 0 Å². The topological polar surface area (TPSA) is 95.5 Å². The lowest BCUT2D eigenvalue weighted by atomic mass is 10.1. The van der Waals surface area contributed by atoms with Gasteiger partial charge in [0.25, 0.3) is 5.91 Å². The van der Waals surface area contributed by atoms with Gasteiger partial charge in [0.1, 0.15) is 0 Å². The van der Waals surface area contributed by atoms with Crippen molar-refractivity contribution in [1.29, 1.82) is 0 Å². The van der Waals surface area contributed by atoms with Crippen LogP contribution in [0.3, 0.4) is 0 Å². The lowest BCUT2D eigenvalue weighted by Crippen LogP contribution is -2.27. The summed E-state index contributed by atoms with van der Waals surface area (Å²) in [5.74, 6) is -0.686. The van der Waals surface area contributed by atoms with Crippen molar-refractivity contribution < 1.29 is 18.4 Å². The molecule has 0 spiro atoms. The third-order valence-corrected chi connectivity index (χ3v) is 5.61. The molecule has 0 saturated heterocycles. The van der Waals surface area contributed by atoms with Gasteiger partial charge in [0.15, 0.2) is 0 Å². The maximum Gasteiger partial charge on any atom is 0.267 e. The second kappa shape index (κ2) is 7.18. The molecule has 2 aromatic carbocycles. The Kier molecular flexibility index (Phi) is 4.98. The van der Waals surface area contributed by atoms with Crippen molar-refractivity contribution in [2.75, 3.05) is 0 Å². The van der Waals surface area contributed by atoms with Crippen LogP contribution in [-0.2, 0) is 21.2 Å². The van der Waals surface area contributed by atoms with Crippen molar-refractivity contribution >= 4 is 22.0 Å². The van der Waals surface area contributed by atoms with Crippen LogP contribution in [-0.4, -0.2) is 19.5 Å². The Morgan fingerprint density at radius 1 is 1.16 bits per heavy atom. The number of fused-ring (bicyclic) bond motifs is 1. The summed E-state index contributed by atoms with van der Waals surface area (Å²) in [5.41, 5.74) is 4.21. The van der Waals surface area contributed by atoms with Gasteiger partial charge in [-0.05, 0) is 47.7 Å². The molecule has 3 N–H and O–H groups in total. The Bertz CT molecular complexity index is 922. The molecule has 0 saturated carbocycles. The number of aryl methyl sites for hydroxylation is 1. The van der Waals surface area contributed by atoms with Crippen molar-refractivity contribution in [2.45, 2.75) is 23.8 Å². The van der Waals surface area contributed by atoms with E-state index in [0.717, 1.165) is 24.5 Å². The highest BCUT2D eigenvalue weighted by Crippen LogP contribution is 2.32. The van der Waals surface area contributed by atoms with Crippen LogP contribution in [0.1, 0.15) is 29.2 Å². The second-order valence-electron chi connectivity index (χ2n) is 5.79. The Morgan fingerprint density at radius 3 is 2.76 bits per heavy atom. The average Bonchev–Trinajstić information content (AvgIpc) is 3.02. The number of hydroxylamine groups is 1. The van der Waals surface area contributed by atoms with Crippen LogP contribution in [0.2, 0.25) is 0 Å². The Labute approximate surface area is 146 Å². The van der Waals surface area contributed by atoms with E-state index in [1.807, 2.05) is 24.3 Å². The van der Waals surface area contributed by atoms with Crippen molar-refractivity contribution in [2.24, 2.45) is 0 Å². The molecule has 1 amide bonds. The summed E-state index contributed by atoms with van der Waals surface area (Å²) in [6.45, 7) is 0. The van der Waals surface area contributed by atoms with E-state index >= 15 is 0 Å². The van der Waals surface area contributed by atoms with Gasteiger partial charge in [0, 0.05) is 12.1 Å². The van der Waals surface area contributed by atoms with E-state index in [9.17, 15) is 13.2 Å². The minimum Gasteiger partial charge on any atom is -0.288 e. The Balaban J connectivity index is 1.81. The van der Waals surface area contributed by atoms with Gasteiger partial charge >= 0.3 is 0 Å². The van der Waals surface area contributed by atoms with Crippen LogP contribution < -0.4 is 10.2 Å². The molecule has 0 fully saturated rings. The summed E-state index contributed by atoms with van der Waals surface area (Å²) in [7, 11) is -3.69. The summed E-state index contributed by atoms with van der Waals surface area (Å²) in [4.78, 5) is 11.2. The number of nitrogens with one attached hydrogen (secondary N) is 2. The van der Waals surface area contributed by atoms with E-state index in [1.54, 1.807) is 12.1 Å². The molecule has 6 nitrogen and oxygen atoms in total. The zero-order valence-corrected chi connectivity index (χ0v) is 14.2. The monoisotopic (exact) mass is 358 g/mol. The lowest BCUT2D eigenvalue weighted by Gasteiger charge is -2.14. The molecule has 0 heterocycles. The molecule has 0 aromatic heterocycles. The van der Waals surface area contributed by atoms with Crippen LogP contribution in [0.4, 0.5) is 0 Å². The number of hydrogen-bond donors (Lipinski definition) is 3. The van der Waals surface area contributed by atoms with E-state index in [1.165, 1.54) is 29.3 Å². The number of hydrogen-bond acceptors (Lipinski definition) is 4. The standard InChI is InChI=1S/C18H18N2O4S/c21-18(19-22)11-8-13-4-3-6-15(12-13)25(23,24)20-17-10-9-14-5-1-2-7-16(14)17/h1-8,11-12,17,20,22H,9-10H2,(H,19,21). The maximum atomic E-state index is 12.7. The van der Waals surface area contributed by atoms with Crippen LogP contribution in [0.5, 0.6) is 0 Å². The minimum atomic E-state index is -3.69. The average molecular weight is 358 g/mol. The minimum absolute atomic E-state index is 0.128. The van der Waals surface area contributed by atoms with E-state index < -0.39 is 15.9 Å². The summed E-state index contributed by atoms with van der Waals surface area (Å²) < 4.78 is 28.1. The van der Waals surface area contributed by atoms with Crippen LogP contribution >= 0.6 is 0 Å². The van der Waals surface area contributed by atoms with Gasteiger partial charge in [0.05, 0.1) is 4.90 Å². The molecule has 1 unspecified atom stereocenters. The molecule has 1 atom stereocenters. The summed E-state index contributed by atoms with van der Waals surface area (Å²) in [6, 6.07) is 13.8. The van der Waals surface area contributed by atoms with Crippen LogP contribution in [0, 0.1) is 0 Å². The predicted octanol–water partition coefficient (Wildman–Crippen LogP) is 2.17. The van der Waals surface area contributed by atoms with Crippen LogP contribution in [0.15, 0.2) is 59.5 Å². The molecule has 7 heteroatoms. The van der Waals surface area contributed by atoms with E-state index in [2.05, 4.69) is 4.72 Å². The SMILES string of the molecule is O=C(C=Cc1cccc(S(=O)(=O)NC2CCc3ccccc32)c1)NO. The van der Waals surface area contributed by atoms with Gasteiger partial charge in [-0.15, -0.1) is 0 Å². The molecule has 1 aliphatic rings. The number of carbonyl (C=O) groups excluding carboxylic acids is 1. The highest BCUT2D eigenvalue weighted by Gasteiger charge is 2.27. The molecule has 25 heavy (non-hydrogen) atoms. The number of sulfonamides is 1. The Hall–Kier alpha value is -2.48. The lowest BCUT2D eigenvalue weighted by molar-refractivity contribution is -0.124. The highest BCUT2D eigenvalue weighted by molar-refractivity contribution is 7.89. The third kappa shape index (κ3) is 3.96. The molecule has 3 rings (SSSR count). The van der Waals surface area contributed by atoms with Gasteiger partial charge in [-0.3, -0.25) is 10.0 Å². The van der Waals surface area contributed by atoms with E-state index in [4.69, 9.17) is 5.21 Å². The van der Waals surface area contributed by atoms with Gasteiger partial charge < -0.3 is 0 Å². The van der Waals surface area contributed by atoms with Crippen molar-refractivity contribution in [1.82, 2.24) is 10.2 Å². The smallest absolute Gasteiger partial charge is 0.267 e. The first-order valence-corrected chi connectivity index (χ1v) is 9.30. The van der Waals surface area contributed by atoms with Crippen LogP contribution in [0.25, 0.3) is 6.08 Å². The fraction of sp³-hybridized carbons (Fsp3) is 0.167. The number of amides is 1. The van der Waals surface area contributed by atoms with Gasteiger partial charge in [-0.25, -0.2) is 18.6 Å². The van der Waals surface area contributed by atoms with Crippen molar-refractivity contribution in [3.8, 4) is 0 Å². The fourth-order valence-corrected chi connectivity index (χ4v) is 4.23. The van der Waals surface area contributed by atoms with Gasteiger partial charge in [-0.1, -0.05) is 36.4 Å². The van der Waals surface area contributed by atoms with E-state index in [0.29, 0.717) is 5.56 Å². The molecule has 2 aromatic rings. The summed E-state index contributed by atoms with van der Waals surface area (Å²) >= 11 is 0. The first-order chi connectivity index (χ1) is 12.0.